The van der Waals surface area contributed by atoms with E-state index in [1.165, 1.54) is 30.4 Å². The quantitative estimate of drug-likeness (QED) is 0.840. The third-order valence-electron chi connectivity index (χ3n) is 3.87. The summed E-state index contributed by atoms with van der Waals surface area (Å²) >= 11 is 0. The van der Waals surface area contributed by atoms with Gasteiger partial charge in [0.15, 0.2) is 0 Å². The predicted molar refractivity (Wildman–Crippen MR) is 68.1 cm³/mol. The molecule has 2 aliphatic rings. The molecule has 1 N–H and O–H groups in total. The Bertz CT molecular complexity index is 456. The monoisotopic (exact) mass is 230 g/mol. The largest absolute Gasteiger partial charge is 0.374 e. The van der Waals surface area contributed by atoms with Crippen LogP contribution in [0.15, 0.2) is 18.2 Å². The molecule has 90 valence electrons. The van der Waals surface area contributed by atoms with E-state index in [1.54, 1.807) is 4.90 Å². The number of hydrogen-bond donors (Lipinski definition) is 1. The second kappa shape index (κ2) is 4.06. The number of anilines is 1. The van der Waals surface area contributed by atoms with Crippen LogP contribution in [-0.4, -0.2) is 30.4 Å². The standard InChI is InChI=1S/C14H18N2O/c1-16-8-7-13(14(16)17)15-12-6-5-10-3-2-4-11(10)9-12/h5-6,9,13,15H,2-4,7-8H2,1H3. The van der Waals surface area contributed by atoms with E-state index in [-0.39, 0.29) is 11.9 Å². The minimum Gasteiger partial charge on any atom is -0.374 e. The average molecular weight is 230 g/mol. The number of amides is 1. The maximum absolute atomic E-state index is 11.8. The number of fused-ring (bicyclic) bond motifs is 1. The SMILES string of the molecule is CN1CCC(Nc2ccc3c(c2)CCC3)C1=O. The summed E-state index contributed by atoms with van der Waals surface area (Å²) in [5, 5.41) is 3.36. The zero-order valence-electron chi connectivity index (χ0n) is 10.2. The second-order valence-electron chi connectivity index (χ2n) is 5.08. The van der Waals surface area contributed by atoms with Gasteiger partial charge in [0, 0.05) is 19.3 Å². The zero-order chi connectivity index (χ0) is 11.8. The van der Waals surface area contributed by atoms with Crippen LogP contribution >= 0.6 is 0 Å². The fourth-order valence-corrected chi connectivity index (χ4v) is 2.82. The first kappa shape index (κ1) is 10.6. The van der Waals surface area contributed by atoms with Crippen LogP contribution in [-0.2, 0) is 17.6 Å². The van der Waals surface area contributed by atoms with Crippen molar-refractivity contribution < 1.29 is 4.79 Å². The molecule has 1 fully saturated rings. The Kier molecular flexibility index (Phi) is 2.54. The highest BCUT2D eigenvalue weighted by molar-refractivity contribution is 5.86. The molecular formula is C14H18N2O. The van der Waals surface area contributed by atoms with Crippen molar-refractivity contribution in [3.05, 3.63) is 29.3 Å². The molecular weight excluding hydrogens is 212 g/mol. The number of likely N-dealkylation sites (tertiary alicyclic amines) is 1. The summed E-state index contributed by atoms with van der Waals surface area (Å²) in [6.07, 6.45) is 4.57. The third-order valence-corrected chi connectivity index (χ3v) is 3.87. The maximum atomic E-state index is 11.8. The van der Waals surface area contributed by atoms with Crippen molar-refractivity contribution in [2.45, 2.75) is 31.7 Å². The first-order valence-electron chi connectivity index (χ1n) is 6.37. The lowest BCUT2D eigenvalue weighted by molar-refractivity contribution is -0.127. The van der Waals surface area contributed by atoms with E-state index in [0.29, 0.717) is 0 Å². The summed E-state index contributed by atoms with van der Waals surface area (Å²) < 4.78 is 0. The van der Waals surface area contributed by atoms with Gasteiger partial charge in [0.1, 0.15) is 6.04 Å². The van der Waals surface area contributed by atoms with Crippen LogP contribution in [0.5, 0.6) is 0 Å². The lowest BCUT2D eigenvalue weighted by atomic mass is 10.1. The third kappa shape index (κ3) is 1.90. The fourth-order valence-electron chi connectivity index (χ4n) is 2.82. The number of carbonyl (C=O) groups is 1. The number of carbonyl (C=O) groups excluding carboxylic acids is 1. The van der Waals surface area contributed by atoms with E-state index >= 15 is 0 Å². The minimum absolute atomic E-state index is 0.0283. The number of likely N-dealkylation sites (N-methyl/N-ethyl adjacent to an activating group) is 1. The number of aryl methyl sites for hydroxylation is 2. The molecule has 0 saturated carbocycles. The Morgan fingerprint density at radius 2 is 2.12 bits per heavy atom. The highest BCUT2D eigenvalue weighted by atomic mass is 16.2. The summed E-state index contributed by atoms with van der Waals surface area (Å²) in [4.78, 5) is 13.6. The Labute approximate surface area is 102 Å². The van der Waals surface area contributed by atoms with Gasteiger partial charge in [-0.15, -0.1) is 0 Å². The van der Waals surface area contributed by atoms with Crippen LogP contribution in [0.1, 0.15) is 24.0 Å². The second-order valence-corrected chi connectivity index (χ2v) is 5.08. The molecule has 3 rings (SSSR count). The molecule has 1 saturated heterocycles. The van der Waals surface area contributed by atoms with Crippen LogP contribution in [0.4, 0.5) is 5.69 Å². The number of nitrogens with zero attached hydrogens (tertiary/aromatic N) is 1. The number of benzene rings is 1. The van der Waals surface area contributed by atoms with Crippen molar-refractivity contribution >= 4 is 11.6 Å². The van der Waals surface area contributed by atoms with E-state index in [1.807, 2.05) is 7.05 Å². The molecule has 0 bridgehead atoms. The lowest BCUT2D eigenvalue weighted by Crippen LogP contribution is -2.30. The Balaban J connectivity index is 1.75. The number of rotatable bonds is 2. The lowest BCUT2D eigenvalue weighted by Gasteiger charge is -2.14. The first-order valence-corrected chi connectivity index (χ1v) is 6.37. The molecule has 1 aliphatic heterocycles. The normalized spacial score (nSPS) is 23.0. The van der Waals surface area contributed by atoms with Crippen molar-refractivity contribution in [2.24, 2.45) is 0 Å². The van der Waals surface area contributed by atoms with Gasteiger partial charge in [0.2, 0.25) is 5.91 Å². The molecule has 1 aromatic rings. The molecule has 1 amide bonds. The Hall–Kier alpha value is -1.51. The van der Waals surface area contributed by atoms with E-state index in [4.69, 9.17) is 0 Å². The predicted octanol–water partition coefficient (Wildman–Crippen LogP) is 1.82. The fraction of sp³-hybridized carbons (Fsp3) is 0.500. The molecule has 1 unspecified atom stereocenters. The van der Waals surface area contributed by atoms with Gasteiger partial charge in [-0.2, -0.15) is 0 Å². The van der Waals surface area contributed by atoms with Gasteiger partial charge in [-0.1, -0.05) is 6.07 Å². The summed E-state index contributed by atoms with van der Waals surface area (Å²) in [5.74, 6) is 0.213. The van der Waals surface area contributed by atoms with Crippen LogP contribution < -0.4 is 5.32 Å². The van der Waals surface area contributed by atoms with Gasteiger partial charge in [0.05, 0.1) is 0 Å². The molecule has 1 heterocycles. The van der Waals surface area contributed by atoms with Crippen molar-refractivity contribution in [1.29, 1.82) is 0 Å². The van der Waals surface area contributed by atoms with Crippen molar-refractivity contribution in [1.82, 2.24) is 4.90 Å². The van der Waals surface area contributed by atoms with Gasteiger partial charge >= 0.3 is 0 Å². The summed E-state index contributed by atoms with van der Waals surface area (Å²) in [5.41, 5.74) is 4.03. The number of hydrogen-bond acceptors (Lipinski definition) is 2. The molecule has 1 aliphatic carbocycles. The van der Waals surface area contributed by atoms with Crippen LogP contribution in [0.2, 0.25) is 0 Å². The molecule has 0 aromatic heterocycles. The maximum Gasteiger partial charge on any atom is 0.244 e. The molecule has 0 spiro atoms. The summed E-state index contributed by atoms with van der Waals surface area (Å²) in [6.45, 7) is 0.863. The van der Waals surface area contributed by atoms with Crippen molar-refractivity contribution in [2.75, 3.05) is 18.9 Å². The van der Waals surface area contributed by atoms with Crippen molar-refractivity contribution in [3.63, 3.8) is 0 Å². The smallest absolute Gasteiger partial charge is 0.244 e. The summed E-state index contributed by atoms with van der Waals surface area (Å²) in [7, 11) is 1.87. The van der Waals surface area contributed by atoms with E-state index in [2.05, 4.69) is 23.5 Å². The molecule has 3 heteroatoms. The zero-order valence-corrected chi connectivity index (χ0v) is 10.2. The Morgan fingerprint density at radius 1 is 1.29 bits per heavy atom. The van der Waals surface area contributed by atoms with Gasteiger partial charge in [0.25, 0.3) is 0 Å². The van der Waals surface area contributed by atoms with Gasteiger partial charge in [-0.05, 0) is 48.9 Å². The highest BCUT2D eigenvalue weighted by Crippen LogP contribution is 2.26. The van der Waals surface area contributed by atoms with E-state index in [0.717, 1.165) is 18.7 Å². The topological polar surface area (TPSA) is 32.3 Å². The average Bonchev–Trinajstić information content (AvgIpc) is 2.90. The number of nitrogens with one attached hydrogen (secondary N) is 1. The van der Waals surface area contributed by atoms with Gasteiger partial charge in [-0.25, -0.2) is 0 Å². The van der Waals surface area contributed by atoms with Gasteiger partial charge in [-0.3, -0.25) is 4.79 Å². The van der Waals surface area contributed by atoms with Crippen LogP contribution in [0.25, 0.3) is 0 Å². The Morgan fingerprint density at radius 3 is 2.88 bits per heavy atom. The molecule has 3 nitrogen and oxygen atoms in total. The molecule has 0 radical (unpaired) electrons. The molecule has 1 atom stereocenters. The van der Waals surface area contributed by atoms with Crippen molar-refractivity contribution in [3.8, 4) is 0 Å². The minimum atomic E-state index is -0.0283. The van der Waals surface area contributed by atoms with Crippen LogP contribution in [0.3, 0.4) is 0 Å². The summed E-state index contributed by atoms with van der Waals surface area (Å²) in [6, 6.07) is 6.50. The highest BCUT2D eigenvalue weighted by Gasteiger charge is 2.28. The molecule has 1 aromatic carbocycles. The molecule has 17 heavy (non-hydrogen) atoms. The van der Waals surface area contributed by atoms with Crippen LogP contribution in [0, 0.1) is 0 Å². The van der Waals surface area contributed by atoms with E-state index < -0.39 is 0 Å². The van der Waals surface area contributed by atoms with Gasteiger partial charge < -0.3 is 10.2 Å². The van der Waals surface area contributed by atoms with E-state index in [9.17, 15) is 4.79 Å². The first-order chi connectivity index (χ1) is 8.24.